The molecule has 37 heavy (non-hydrogen) atoms. The molecule has 11 heteroatoms. The van der Waals surface area contributed by atoms with Gasteiger partial charge in [0.15, 0.2) is 5.78 Å². The summed E-state index contributed by atoms with van der Waals surface area (Å²) in [5.74, 6) is -1.05. The van der Waals surface area contributed by atoms with Gasteiger partial charge in [-0.25, -0.2) is 4.79 Å². The van der Waals surface area contributed by atoms with Crippen molar-refractivity contribution in [1.29, 1.82) is 5.26 Å². The van der Waals surface area contributed by atoms with Crippen LogP contribution in [-0.4, -0.2) is 66.2 Å². The first-order valence-electron chi connectivity index (χ1n) is 12.1. The van der Waals surface area contributed by atoms with Gasteiger partial charge in [-0.15, -0.1) is 0 Å². The van der Waals surface area contributed by atoms with E-state index >= 15 is 0 Å². The predicted octanol–water partition coefficient (Wildman–Crippen LogP) is 1.62. The van der Waals surface area contributed by atoms with Gasteiger partial charge in [0.2, 0.25) is 11.8 Å². The van der Waals surface area contributed by atoms with Crippen LogP contribution in [-0.2, 0) is 25.5 Å². The van der Waals surface area contributed by atoms with Crippen LogP contribution in [0.1, 0.15) is 44.6 Å². The molecule has 3 rings (SSSR count). The first-order chi connectivity index (χ1) is 17.6. The molecule has 0 spiro atoms. The molecular weight excluding hydrogens is 480 g/mol. The number of hydrogen-bond donors (Lipinski definition) is 4. The lowest BCUT2D eigenvalue weighted by atomic mass is 9.94. The molecule has 11 nitrogen and oxygen atoms in total. The molecule has 3 amide bonds. The quantitative estimate of drug-likeness (QED) is 0.228. The Morgan fingerprint density at radius 3 is 2.27 bits per heavy atom. The number of hydrogen-bond acceptors (Lipinski definition) is 7. The third-order valence-corrected chi connectivity index (χ3v) is 6.47. The van der Waals surface area contributed by atoms with Crippen molar-refractivity contribution in [2.24, 2.45) is 0 Å². The van der Waals surface area contributed by atoms with E-state index in [4.69, 9.17) is 19.8 Å². The maximum Gasteiger partial charge on any atom is 0.405 e. The molecule has 0 radical (unpaired) electrons. The number of benzene rings is 1. The summed E-state index contributed by atoms with van der Waals surface area (Å²) in [6.45, 7) is 1.96. The fraction of sp³-hybridized carbons (Fsp3) is 0.500. The maximum absolute atomic E-state index is 13.5. The standard InChI is InChI=1S/C26H32N4O7/c1-26(15-37-26)22(31)20(13-16-5-3-4-6-16)28-24(33)21(14-17-7-9-18(36-2)10-8-17)29-23(32)19(11-12-27)30-25(34)35/h5,7-10,19-21,30H,3-4,6,11,13-15H2,1-2H3,(H,28,33)(H,29,32)(H,34,35). The van der Waals surface area contributed by atoms with E-state index in [1.807, 2.05) is 5.32 Å². The molecule has 0 saturated carbocycles. The van der Waals surface area contributed by atoms with Gasteiger partial charge in [-0.05, 0) is 50.3 Å². The van der Waals surface area contributed by atoms with E-state index in [0.717, 1.165) is 24.8 Å². The Morgan fingerprint density at radius 1 is 1.08 bits per heavy atom. The van der Waals surface area contributed by atoms with Gasteiger partial charge < -0.3 is 30.5 Å². The highest BCUT2D eigenvalue weighted by Gasteiger charge is 2.50. The van der Waals surface area contributed by atoms with Gasteiger partial charge in [0.25, 0.3) is 0 Å². The summed E-state index contributed by atoms with van der Waals surface area (Å²) in [7, 11) is 1.53. The monoisotopic (exact) mass is 512 g/mol. The second-order valence-electron chi connectivity index (χ2n) is 9.38. The number of carbonyl (C=O) groups excluding carboxylic acids is 3. The van der Waals surface area contributed by atoms with Crippen LogP contribution in [0.5, 0.6) is 5.75 Å². The number of nitrogens with zero attached hydrogens (tertiary/aromatic N) is 1. The molecule has 4 unspecified atom stereocenters. The number of ether oxygens (including phenoxy) is 2. The van der Waals surface area contributed by atoms with E-state index in [0.29, 0.717) is 17.7 Å². The number of carbonyl (C=O) groups is 4. The Morgan fingerprint density at radius 2 is 1.73 bits per heavy atom. The molecule has 4 N–H and O–H groups in total. The number of allylic oxidation sites excluding steroid dienone is 1. The molecule has 0 aromatic heterocycles. The Kier molecular flexibility index (Phi) is 9.25. The Bertz CT molecular complexity index is 1090. The van der Waals surface area contributed by atoms with Crippen molar-refractivity contribution >= 4 is 23.7 Å². The SMILES string of the molecule is COc1ccc(CC(NC(=O)C(CC#N)NC(=O)O)C(=O)NC(CC2=CCCC2)C(=O)C2(C)CO2)cc1. The zero-order valence-corrected chi connectivity index (χ0v) is 20.9. The zero-order chi connectivity index (χ0) is 27.0. The molecule has 1 saturated heterocycles. The van der Waals surface area contributed by atoms with Crippen LogP contribution in [0.3, 0.4) is 0 Å². The average molecular weight is 513 g/mol. The summed E-state index contributed by atoms with van der Waals surface area (Å²) < 4.78 is 10.5. The van der Waals surface area contributed by atoms with Gasteiger partial charge in [-0.3, -0.25) is 14.4 Å². The minimum absolute atomic E-state index is 0.0608. The number of nitriles is 1. The van der Waals surface area contributed by atoms with Crippen LogP contribution < -0.4 is 20.7 Å². The minimum atomic E-state index is -1.47. The zero-order valence-electron chi connectivity index (χ0n) is 20.9. The molecule has 4 atom stereocenters. The highest BCUT2D eigenvalue weighted by atomic mass is 16.6. The van der Waals surface area contributed by atoms with Crippen molar-refractivity contribution in [2.75, 3.05) is 13.7 Å². The normalized spacial score (nSPS) is 20.4. The summed E-state index contributed by atoms with van der Waals surface area (Å²) in [4.78, 5) is 50.6. The van der Waals surface area contributed by atoms with Crippen molar-refractivity contribution < 1.29 is 33.8 Å². The van der Waals surface area contributed by atoms with Crippen molar-refractivity contribution in [3.05, 3.63) is 41.5 Å². The fourth-order valence-electron chi connectivity index (χ4n) is 4.21. The van der Waals surface area contributed by atoms with Crippen LogP contribution in [0.4, 0.5) is 4.79 Å². The summed E-state index contributed by atoms with van der Waals surface area (Å²) in [6, 6.07) is 5.30. The van der Waals surface area contributed by atoms with Crippen LogP contribution in [0.25, 0.3) is 0 Å². The molecule has 2 aliphatic rings. The van der Waals surface area contributed by atoms with Crippen molar-refractivity contribution in [2.45, 2.75) is 69.2 Å². The van der Waals surface area contributed by atoms with E-state index in [1.165, 1.54) is 7.11 Å². The van der Waals surface area contributed by atoms with Crippen molar-refractivity contribution in [3.63, 3.8) is 0 Å². The fourth-order valence-corrected chi connectivity index (χ4v) is 4.21. The van der Waals surface area contributed by atoms with Gasteiger partial charge in [-0.1, -0.05) is 23.8 Å². The highest BCUT2D eigenvalue weighted by molar-refractivity contribution is 5.98. The van der Waals surface area contributed by atoms with Gasteiger partial charge in [0, 0.05) is 6.42 Å². The van der Waals surface area contributed by atoms with Crippen molar-refractivity contribution in [1.82, 2.24) is 16.0 Å². The largest absolute Gasteiger partial charge is 0.497 e. The van der Waals surface area contributed by atoms with Crippen LogP contribution in [0, 0.1) is 11.3 Å². The number of rotatable bonds is 13. The highest BCUT2D eigenvalue weighted by Crippen LogP contribution is 2.31. The smallest absolute Gasteiger partial charge is 0.405 e. The van der Waals surface area contributed by atoms with Gasteiger partial charge in [-0.2, -0.15) is 5.26 Å². The Balaban J connectivity index is 1.81. The number of epoxide rings is 1. The summed E-state index contributed by atoms with van der Waals surface area (Å²) in [5, 5.41) is 25.4. The van der Waals surface area contributed by atoms with Gasteiger partial charge in [0.05, 0.1) is 32.2 Å². The number of ketones is 1. The predicted molar refractivity (Wildman–Crippen MR) is 132 cm³/mol. The summed E-state index contributed by atoms with van der Waals surface area (Å²) in [6.07, 6.45) is 3.36. The molecule has 1 fully saturated rings. The average Bonchev–Trinajstić information content (AvgIpc) is 3.41. The maximum atomic E-state index is 13.5. The molecular formula is C26H32N4O7. The van der Waals surface area contributed by atoms with E-state index in [-0.39, 0.29) is 18.8 Å². The molecule has 1 aromatic carbocycles. The Labute approximate surface area is 215 Å². The van der Waals surface area contributed by atoms with Crippen LogP contribution in [0.15, 0.2) is 35.9 Å². The van der Waals surface area contributed by atoms with Crippen molar-refractivity contribution in [3.8, 4) is 11.8 Å². The molecule has 1 heterocycles. The van der Waals surface area contributed by atoms with E-state index < -0.39 is 48.1 Å². The van der Waals surface area contributed by atoms with Crippen LogP contribution in [0.2, 0.25) is 0 Å². The number of carboxylic acid groups (broad SMARTS) is 1. The lowest BCUT2D eigenvalue weighted by Gasteiger charge is -2.25. The molecule has 198 valence electrons. The summed E-state index contributed by atoms with van der Waals surface area (Å²) in [5.41, 5.74) is 0.830. The number of nitrogens with one attached hydrogen (secondary N) is 3. The first-order valence-corrected chi connectivity index (χ1v) is 12.1. The van der Waals surface area contributed by atoms with E-state index in [2.05, 4.69) is 16.7 Å². The third kappa shape index (κ3) is 7.79. The molecule has 1 aliphatic heterocycles. The minimum Gasteiger partial charge on any atom is -0.497 e. The lowest BCUT2D eigenvalue weighted by Crippen LogP contribution is -2.57. The van der Waals surface area contributed by atoms with E-state index in [9.17, 15) is 19.2 Å². The topological polar surface area (TPSA) is 170 Å². The lowest BCUT2D eigenvalue weighted by molar-refractivity contribution is -0.133. The van der Waals surface area contributed by atoms with Gasteiger partial charge >= 0.3 is 6.09 Å². The Hall–Kier alpha value is -3.91. The second-order valence-corrected chi connectivity index (χ2v) is 9.38. The first kappa shape index (κ1) is 27.7. The number of Topliss-reactive ketones (excluding diaryl/α,β-unsaturated/α-hetero) is 1. The molecule has 1 aromatic rings. The second kappa shape index (κ2) is 12.4. The van der Waals surface area contributed by atoms with Gasteiger partial charge in [0.1, 0.15) is 23.4 Å². The third-order valence-electron chi connectivity index (χ3n) is 6.47. The summed E-state index contributed by atoms with van der Waals surface area (Å²) >= 11 is 0. The van der Waals surface area contributed by atoms with Crippen LogP contribution >= 0.6 is 0 Å². The number of methoxy groups -OCH3 is 1. The molecule has 1 aliphatic carbocycles. The van der Waals surface area contributed by atoms with E-state index in [1.54, 1.807) is 37.3 Å². The molecule has 0 bridgehead atoms. The number of amides is 3.